The van der Waals surface area contributed by atoms with Gasteiger partial charge in [0.25, 0.3) is 0 Å². The van der Waals surface area contributed by atoms with Gasteiger partial charge >= 0.3 is 0 Å². The van der Waals surface area contributed by atoms with Crippen LogP contribution in [0.15, 0.2) is 4.99 Å². The van der Waals surface area contributed by atoms with Gasteiger partial charge in [0.05, 0.1) is 0 Å². The molecule has 5 nitrogen and oxygen atoms in total. The highest BCUT2D eigenvalue weighted by Crippen LogP contribution is 2.17. The second-order valence-corrected chi connectivity index (χ2v) is 5.82. The van der Waals surface area contributed by atoms with Crippen LogP contribution >= 0.6 is 24.0 Å². The lowest BCUT2D eigenvalue weighted by Gasteiger charge is -2.27. The first-order valence-corrected chi connectivity index (χ1v) is 7.82. The molecule has 0 bridgehead atoms. The van der Waals surface area contributed by atoms with Crippen molar-refractivity contribution in [1.82, 2.24) is 15.5 Å². The van der Waals surface area contributed by atoms with Gasteiger partial charge < -0.3 is 15.5 Å². The molecule has 0 aromatic carbocycles. The Kier molecular flexibility index (Phi) is 10.8. The summed E-state index contributed by atoms with van der Waals surface area (Å²) in [6, 6.07) is 0.362. The van der Waals surface area contributed by atoms with E-state index in [4.69, 9.17) is 0 Å². The molecule has 1 aliphatic rings. The Balaban J connectivity index is 0.00000400. The maximum atomic E-state index is 11.8. The SMILES string of the molecule is CCC(CCNC(=NC)NCC(C)C)N1CCCC1=O.I. The van der Waals surface area contributed by atoms with E-state index in [1.54, 1.807) is 7.05 Å². The molecule has 0 spiro atoms. The molecule has 0 aromatic rings. The zero-order valence-electron chi connectivity index (χ0n) is 13.8. The number of aliphatic imine (C=N–C) groups is 1. The summed E-state index contributed by atoms with van der Waals surface area (Å²) in [5.74, 6) is 1.76. The lowest BCUT2D eigenvalue weighted by Crippen LogP contribution is -2.42. The van der Waals surface area contributed by atoms with E-state index in [0.29, 0.717) is 17.9 Å². The molecule has 1 atom stereocenters. The standard InChI is InChI=1S/C15H30N4O.HI/c1-5-13(19-10-6-7-14(19)20)8-9-17-15(16-4)18-11-12(2)3;/h12-13H,5-11H2,1-4H3,(H2,16,17,18);1H. The number of carbonyl (C=O) groups is 1. The van der Waals surface area contributed by atoms with Gasteiger partial charge in [0.15, 0.2) is 5.96 Å². The predicted molar refractivity (Wildman–Crippen MR) is 99.3 cm³/mol. The van der Waals surface area contributed by atoms with Crippen LogP contribution < -0.4 is 10.6 Å². The molecular formula is C15H31IN4O. The van der Waals surface area contributed by atoms with Crippen molar-refractivity contribution in [1.29, 1.82) is 0 Å². The topological polar surface area (TPSA) is 56.7 Å². The van der Waals surface area contributed by atoms with E-state index in [2.05, 4.69) is 36.4 Å². The van der Waals surface area contributed by atoms with Crippen molar-refractivity contribution in [2.24, 2.45) is 10.9 Å². The van der Waals surface area contributed by atoms with Crippen molar-refractivity contribution >= 4 is 35.8 Å². The minimum atomic E-state index is 0. The molecular weight excluding hydrogens is 379 g/mol. The highest BCUT2D eigenvalue weighted by molar-refractivity contribution is 14.0. The monoisotopic (exact) mass is 410 g/mol. The van der Waals surface area contributed by atoms with E-state index >= 15 is 0 Å². The zero-order valence-corrected chi connectivity index (χ0v) is 16.1. The highest BCUT2D eigenvalue weighted by atomic mass is 127. The lowest BCUT2D eigenvalue weighted by molar-refractivity contribution is -0.129. The average Bonchev–Trinajstić information content (AvgIpc) is 2.84. The van der Waals surface area contributed by atoms with Crippen molar-refractivity contribution in [2.45, 2.75) is 52.5 Å². The van der Waals surface area contributed by atoms with Crippen LogP contribution in [0.1, 0.15) is 46.5 Å². The van der Waals surface area contributed by atoms with Crippen LogP contribution in [-0.2, 0) is 4.79 Å². The third-order valence-electron chi connectivity index (χ3n) is 3.69. The minimum absolute atomic E-state index is 0. The summed E-state index contributed by atoms with van der Waals surface area (Å²) >= 11 is 0. The molecule has 1 fully saturated rings. The largest absolute Gasteiger partial charge is 0.356 e. The molecule has 21 heavy (non-hydrogen) atoms. The van der Waals surface area contributed by atoms with Crippen LogP contribution in [0.5, 0.6) is 0 Å². The molecule has 0 aromatic heterocycles. The van der Waals surface area contributed by atoms with Crippen molar-refractivity contribution in [2.75, 3.05) is 26.7 Å². The van der Waals surface area contributed by atoms with Crippen molar-refractivity contribution in [3.63, 3.8) is 0 Å². The lowest BCUT2D eigenvalue weighted by atomic mass is 10.1. The summed E-state index contributed by atoms with van der Waals surface area (Å²) < 4.78 is 0. The molecule has 1 amide bonds. The number of hydrogen-bond acceptors (Lipinski definition) is 2. The van der Waals surface area contributed by atoms with Crippen LogP contribution in [0.3, 0.4) is 0 Å². The fourth-order valence-corrected chi connectivity index (χ4v) is 2.51. The Bertz CT molecular complexity index is 334. The number of likely N-dealkylation sites (tertiary alicyclic amines) is 1. The normalized spacial score (nSPS) is 16.9. The number of halogens is 1. The Labute approximate surface area is 146 Å². The van der Waals surface area contributed by atoms with Crippen LogP contribution in [0.4, 0.5) is 0 Å². The van der Waals surface area contributed by atoms with Gasteiger partial charge in [-0.1, -0.05) is 20.8 Å². The number of rotatable bonds is 7. The summed E-state index contributed by atoms with van der Waals surface area (Å²) in [7, 11) is 1.79. The molecule has 1 aliphatic heterocycles. The predicted octanol–water partition coefficient (Wildman–Crippen LogP) is 2.22. The Morgan fingerprint density at radius 3 is 2.57 bits per heavy atom. The van der Waals surface area contributed by atoms with Crippen LogP contribution in [0.2, 0.25) is 0 Å². The molecule has 2 N–H and O–H groups in total. The van der Waals surface area contributed by atoms with E-state index in [0.717, 1.165) is 51.3 Å². The number of nitrogens with one attached hydrogen (secondary N) is 2. The first-order chi connectivity index (χ1) is 9.58. The number of nitrogens with zero attached hydrogens (tertiary/aromatic N) is 2. The number of guanidine groups is 1. The van der Waals surface area contributed by atoms with E-state index < -0.39 is 0 Å². The number of hydrogen-bond donors (Lipinski definition) is 2. The number of amides is 1. The minimum Gasteiger partial charge on any atom is -0.356 e. The van der Waals surface area contributed by atoms with Crippen LogP contribution in [0, 0.1) is 5.92 Å². The first kappa shape index (κ1) is 20.5. The molecule has 0 saturated carbocycles. The second kappa shape index (κ2) is 11.1. The molecule has 1 rings (SSSR count). The third-order valence-corrected chi connectivity index (χ3v) is 3.69. The maximum absolute atomic E-state index is 11.8. The van der Waals surface area contributed by atoms with Gasteiger partial charge in [0.1, 0.15) is 0 Å². The number of carbonyl (C=O) groups excluding carboxylic acids is 1. The van der Waals surface area contributed by atoms with Gasteiger partial charge in [-0.15, -0.1) is 24.0 Å². The van der Waals surface area contributed by atoms with E-state index in [-0.39, 0.29) is 24.0 Å². The summed E-state index contributed by atoms with van der Waals surface area (Å²) in [6.45, 7) is 9.19. The van der Waals surface area contributed by atoms with Crippen molar-refractivity contribution in [3.05, 3.63) is 0 Å². The molecule has 1 unspecified atom stereocenters. The Morgan fingerprint density at radius 2 is 2.10 bits per heavy atom. The molecule has 1 heterocycles. The van der Waals surface area contributed by atoms with Crippen molar-refractivity contribution < 1.29 is 4.79 Å². The van der Waals surface area contributed by atoms with E-state index in [1.165, 1.54) is 0 Å². The van der Waals surface area contributed by atoms with E-state index in [9.17, 15) is 4.79 Å². The fraction of sp³-hybridized carbons (Fsp3) is 0.867. The van der Waals surface area contributed by atoms with Gasteiger partial charge in [-0.3, -0.25) is 9.79 Å². The van der Waals surface area contributed by atoms with E-state index in [1.807, 2.05) is 4.90 Å². The smallest absolute Gasteiger partial charge is 0.222 e. The van der Waals surface area contributed by atoms with Gasteiger partial charge in [0, 0.05) is 39.1 Å². The third kappa shape index (κ3) is 7.33. The second-order valence-electron chi connectivity index (χ2n) is 5.82. The zero-order chi connectivity index (χ0) is 15.0. The van der Waals surface area contributed by atoms with Crippen LogP contribution in [0.25, 0.3) is 0 Å². The first-order valence-electron chi connectivity index (χ1n) is 7.82. The Hall–Kier alpha value is -0.530. The molecule has 1 saturated heterocycles. The summed E-state index contributed by atoms with van der Waals surface area (Å²) in [5, 5.41) is 6.63. The Morgan fingerprint density at radius 1 is 1.38 bits per heavy atom. The average molecular weight is 410 g/mol. The van der Waals surface area contributed by atoms with Gasteiger partial charge in [-0.25, -0.2) is 0 Å². The quantitative estimate of drug-likeness (QED) is 0.385. The fourth-order valence-electron chi connectivity index (χ4n) is 2.51. The summed E-state index contributed by atoms with van der Waals surface area (Å²) in [5.41, 5.74) is 0. The summed E-state index contributed by atoms with van der Waals surface area (Å²) in [4.78, 5) is 18.0. The maximum Gasteiger partial charge on any atom is 0.222 e. The molecule has 6 heteroatoms. The van der Waals surface area contributed by atoms with Gasteiger partial charge in [-0.05, 0) is 25.2 Å². The van der Waals surface area contributed by atoms with Gasteiger partial charge in [-0.2, -0.15) is 0 Å². The van der Waals surface area contributed by atoms with Crippen LogP contribution in [-0.4, -0.2) is 49.5 Å². The van der Waals surface area contributed by atoms with Gasteiger partial charge in [0.2, 0.25) is 5.91 Å². The molecule has 0 aliphatic carbocycles. The highest BCUT2D eigenvalue weighted by Gasteiger charge is 2.26. The molecule has 124 valence electrons. The molecule has 0 radical (unpaired) electrons. The summed E-state index contributed by atoms with van der Waals surface area (Å²) in [6.07, 6.45) is 3.73. The van der Waals surface area contributed by atoms with Crippen molar-refractivity contribution in [3.8, 4) is 0 Å².